The van der Waals surface area contributed by atoms with Crippen LogP contribution in [0.25, 0.3) is 0 Å². The van der Waals surface area contributed by atoms with Crippen LogP contribution in [0.4, 0.5) is 10.1 Å². The minimum atomic E-state index is -0.273. The maximum absolute atomic E-state index is 13.4. The average molecular weight is 415 g/mol. The van der Waals surface area contributed by atoms with Gasteiger partial charge in [-0.2, -0.15) is 5.10 Å². The molecule has 6 heteroatoms. The number of methoxy groups -OCH3 is 1. The number of hydrogen-bond donors (Lipinski definition) is 0. The average Bonchev–Trinajstić information content (AvgIpc) is 3.16. The van der Waals surface area contributed by atoms with E-state index in [1.54, 1.807) is 25.3 Å². The summed E-state index contributed by atoms with van der Waals surface area (Å²) in [6, 6.07) is 19.6. The van der Waals surface area contributed by atoms with E-state index in [0.29, 0.717) is 22.2 Å². The van der Waals surface area contributed by atoms with Crippen molar-refractivity contribution in [3.63, 3.8) is 0 Å². The number of hydrogen-bond acceptors (Lipinski definition) is 3. The van der Waals surface area contributed by atoms with E-state index >= 15 is 0 Å². The molecular weight excluding hydrogens is 398 g/mol. The molecule has 0 spiro atoms. The SMILES string of the molecule is COc1ccc(C2=NN(c3cccc(Cl)c3Cl)[C@@H](c3ccc(F)cc3)C2)cc1. The lowest BCUT2D eigenvalue weighted by Crippen LogP contribution is -2.19. The van der Waals surface area contributed by atoms with Crippen molar-refractivity contribution < 1.29 is 9.13 Å². The number of hydrazone groups is 1. The highest BCUT2D eigenvalue weighted by Gasteiger charge is 2.31. The lowest BCUT2D eigenvalue weighted by molar-refractivity contribution is 0.415. The predicted octanol–water partition coefficient (Wildman–Crippen LogP) is 6.50. The molecule has 0 bridgehead atoms. The van der Waals surface area contributed by atoms with Gasteiger partial charge < -0.3 is 4.74 Å². The van der Waals surface area contributed by atoms with Gasteiger partial charge in [-0.3, -0.25) is 5.01 Å². The zero-order chi connectivity index (χ0) is 19.7. The van der Waals surface area contributed by atoms with Gasteiger partial charge in [0.05, 0.1) is 34.6 Å². The Morgan fingerprint density at radius 2 is 1.71 bits per heavy atom. The van der Waals surface area contributed by atoms with Crippen LogP contribution in [-0.2, 0) is 0 Å². The van der Waals surface area contributed by atoms with Crippen molar-refractivity contribution in [2.45, 2.75) is 12.5 Å². The number of halogens is 3. The van der Waals surface area contributed by atoms with E-state index in [0.717, 1.165) is 22.6 Å². The topological polar surface area (TPSA) is 24.8 Å². The van der Waals surface area contributed by atoms with Crippen molar-refractivity contribution in [1.29, 1.82) is 0 Å². The number of rotatable bonds is 4. The van der Waals surface area contributed by atoms with Crippen LogP contribution < -0.4 is 9.75 Å². The first-order valence-electron chi connectivity index (χ1n) is 8.77. The summed E-state index contributed by atoms with van der Waals surface area (Å²) in [5.41, 5.74) is 3.57. The molecule has 0 saturated heterocycles. The third-order valence-electron chi connectivity index (χ3n) is 4.77. The van der Waals surface area contributed by atoms with Crippen LogP contribution in [0.15, 0.2) is 71.8 Å². The van der Waals surface area contributed by atoms with Gasteiger partial charge in [-0.05, 0) is 59.7 Å². The lowest BCUT2D eigenvalue weighted by Gasteiger charge is -2.25. The quantitative estimate of drug-likeness (QED) is 0.486. The van der Waals surface area contributed by atoms with Gasteiger partial charge in [0.2, 0.25) is 0 Å². The molecule has 0 radical (unpaired) electrons. The second-order valence-corrected chi connectivity index (χ2v) is 7.25. The molecule has 0 unspecified atom stereocenters. The summed E-state index contributed by atoms with van der Waals surface area (Å²) < 4.78 is 18.7. The highest BCUT2D eigenvalue weighted by molar-refractivity contribution is 6.43. The molecule has 0 aromatic heterocycles. The highest BCUT2D eigenvalue weighted by atomic mass is 35.5. The minimum absolute atomic E-state index is 0.117. The minimum Gasteiger partial charge on any atom is -0.497 e. The largest absolute Gasteiger partial charge is 0.497 e. The van der Waals surface area contributed by atoms with Gasteiger partial charge in [0.1, 0.15) is 11.6 Å². The van der Waals surface area contributed by atoms with Crippen LogP contribution in [0.3, 0.4) is 0 Å². The van der Waals surface area contributed by atoms with E-state index < -0.39 is 0 Å². The van der Waals surface area contributed by atoms with Crippen LogP contribution in [0, 0.1) is 5.82 Å². The summed E-state index contributed by atoms with van der Waals surface area (Å²) >= 11 is 12.7. The maximum atomic E-state index is 13.4. The Kier molecular flexibility index (Phi) is 5.25. The molecule has 1 atom stereocenters. The zero-order valence-corrected chi connectivity index (χ0v) is 16.6. The summed E-state index contributed by atoms with van der Waals surface area (Å²) in [6.07, 6.45) is 0.654. The van der Waals surface area contributed by atoms with Gasteiger partial charge in [-0.1, -0.05) is 41.4 Å². The van der Waals surface area contributed by atoms with Gasteiger partial charge in [-0.15, -0.1) is 0 Å². The molecule has 0 amide bonds. The van der Waals surface area contributed by atoms with Crippen LogP contribution in [0.1, 0.15) is 23.6 Å². The van der Waals surface area contributed by atoms with Gasteiger partial charge >= 0.3 is 0 Å². The Labute approximate surface area is 173 Å². The van der Waals surface area contributed by atoms with Gasteiger partial charge in [-0.25, -0.2) is 4.39 Å². The molecule has 1 heterocycles. The summed E-state index contributed by atoms with van der Waals surface area (Å²) in [4.78, 5) is 0. The van der Waals surface area contributed by atoms with E-state index in [2.05, 4.69) is 0 Å². The summed E-state index contributed by atoms with van der Waals surface area (Å²) in [7, 11) is 1.63. The Hall–Kier alpha value is -2.56. The fraction of sp³-hybridized carbons (Fsp3) is 0.136. The molecule has 3 aromatic carbocycles. The van der Waals surface area contributed by atoms with Crippen molar-refractivity contribution in [2.24, 2.45) is 5.10 Å². The normalized spacial score (nSPS) is 16.2. The first-order chi connectivity index (χ1) is 13.6. The molecule has 0 N–H and O–H groups in total. The van der Waals surface area contributed by atoms with Gasteiger partial charge in [0.15, 0.2) is 0 Å². The Balaban J connectivity index is 1.77. The number of anilines is 1. The fourth-order valence-corrected chi connectivity index (χ4v) is 3.69. The van der Waals surface area contributed by atoms with E-state index in [1.807, 2.05) is 41.4 Å². The van der Waals surface area contributed by atoms with Crippen LogP contribution >= 0.6 is 23.2 Å². The second kappa shape index (κ2) is 7.82. The van der Waals surface area contributed by atoms with Gasteiger partial charge in [0.25, 0.3) is 0 Å². The second-order valence-electron chi connectivity index (χ2n) is 6.46. The number of benzene rings is 3. The summed E-state index contributed by atoms with van der Waals surface area (Å²) in [5.74, 6) is 0.512. The molecule has 142 valence electrons. The predicted molar refractivity (Wildman–Crippen MR) is 112 cm³/mol. The van der Waals surface area contributed by atoms with E-state index in [1.165, 1.54) is 12.1 Å². The van der Waals surface area contributed by atoms with Crippen LogP contribution in [-0.4, -0.2) is 12.8 Å². The molecule has 4 rings (SSSR count). The van der Waals surface area contributed by atoms with Crippen molar-refractivity contribution in [2.75, 3.05) is 12.1 Å². The molecule has 1 aliphatic rings. The Morgan fingerprint density at radius 1 is 1.00 bits per heavy atom. The fourth-order valence-electron chi connectivity index (χ4n) is 3.30. The first-order valence-corrected chi connectivity index (χ1v) is 9.53. The molecule has 0 fully saturated rings. The molecular formula is C22H17Cl2FN2O. The van der Waals surface area contributed by atoms with Crippen molar-refractivity contribution in [3.05, 3.63) is 93.7 Å². The molecule has 0 aliphatic carbocycles. The monoisotopic (exact) mass is 414 g/mol. The van der Waals surface area contributed by atoms with Crippen molar-refractivity contribution >= 4 is 34.6 Å². The van der Waals surface area contributed by atoms with Crippen LogP contribution in [0.5, 0.6) is 5.75 Å². The third-order valence-corrected chi connectivity index (χ3v) is 5.58. The zero-order valence-electron chi connectivity index (χ0n) is 15.1. The summed E-state index contributed by atoms with van der Waals surface area (Å²) in [6.45, 7) is 0. The lowest BCUT2D eigenvalue weighted by atomic mass is 9.98. The van der Waals surface area contributed by atoms with Crippen molar-refractivity contribution in [3.8, 4) is 5.75 Å². The maximum Gasteiger partial charge on any atom is 0.123 e. The number of nitrogens with zero attached hydrogens (tertiary/aromatic N) is 2. The van der Waals surface area contributed by atoms with Crippen molar-refractivity contribution in [1.82, 2.24) is 0 Å². The molecule has 28 heavy (non-hydrogen) atoms. The molecule has 3 aromatic rings. The number of ether oxygens (including phenoxy) is 1. The van der Waals surface area contributed by atoms with E-state index in [9.17, 15) is 4.39 Å². The summed E-state index contributed by atoms with van der Waals surface area (Å²) in [5, 5.41) is 7.60. The van der Waals surface area contributed by atoms with Gasteiger partial charge in [0, 0.05) is 6.42 Å². The standard InChI is InChI=1S/C22H17Cl2FN2O/c1-28-17-11-7-14(8-12-17)19-13-21(15-5-9-16(25)10-6-15)27(26-19)20-4-2-3-18(23)22(20)24/h2-12,21H,13H2,1H3/t21-/m1/s1. The highest BCUT2D eigenvalue weighted by Crippen LogP contribution is 2.42. The molecule has 3 nitrogen and oxygen atoms in total. The third kappa shape index (κ3) is 3.58. The van der Waals surface area contributed by atoms with E-state index in [4.69, 9.17) is 33.0 Å². The Bertz CT molecular complexity index is 1020. The first kappa shape index (κ1) is 18.8. The van der Waals surface area contributed by atoms with E-state index in [-0.39, 0.29) is 11.9 Å². The smallest absolute Gasteiger partial charge is 0.123 e. The molecule has 0 saturated carbocycles. The Morgan fingerprint density at radius 3 is 2.39 bits per heavy atom. The molecule has 1 aliphatic heterocycles. The van der Waals surface area contributed by atoms with Crippen LogP contribution in [0.2, 0.25) is 10.0 Å².